The summed E-state index contributed by atoms with van der Waals surface area (Å²) in [5.74, 6) is -0.112. The standard InChI is InChI=1S/C19H33N3O4/c1-6-11-26-22-18(2,3)16(20-9-12-25-13-10-20)17(19(22,4)5)21-14(23)7-8-15(21)24/h16-17H,6-13H2,1-5H3. The molecule has 3 rings (SSSR count). The fraction of sp³-hybridized carbons (Fsp3) is 0.895. The number of hydrogen-bond donors (Lipinski definition) is 0. The van der Waals surface area contributed by atoms with Crippen molar-refractivity contribution in [3.63, 3.8) is 0 Å². The van der Waals surface area contributed by atoms with Crippen molar-refractivity contribution in [2.45, 2.75) is 77.0 Å². The van der Waals surface area contributed by atoms with Crippen molar-refractivity contribution in [1.29, 1.82) is 0 Å². The number of ether oxygens (including phenoxy) is 1. The van der Waals surface area contributed by atoms with Crippen LogP contribution in [0.15, 0.2) is 0 Å². The van der Waals surface area contributed by atoms with Gasteiger partial charge in [0, 0.05) is 25.9 Å². The molecular formula is C19H33N3O4. The van der Waals surface area contributed by atoms with E-state index in [0.29, 0.717) is 32.7 Å². The van der Waals surface area contributed by atoms with E-state index in [0.717, 1.165) is 19.5 Å². The second-order valence-corrected chi connectivity index (χ2v) is 8.63. The SMILES string of the molecule is CCCON1C(C)(C)C(N2CCOCC2)C(N2C(=O)CCC2=O)C1(C)C. The zero-order valence-corrected chi connectivity index (χ0v) is 16.8. The molecule has 0 aromatic carbocycles. The summed E-state index contributed by atoms with van der Waals surface area (Å²) in [6.07, 6.45) is 1.55. The van der Waals surface area contributed by atoms with Crippen LogP contribution >= 0.6 is 0 Å². The first-order valence-corrected chi connectivity index (χ1v) is 9.83. The van der Waals surface area contributed by atoms with E-state index >= 15 is 0 Å². The Bertz CT molecular complexity index is 541. The van der Waals surface area contributed by atoms with E-state index in [2.05, 4.69) is 39.5 Å². The molecular weight excluding hydrogens is 334 g/mol. The highest BCUT2D eigenvalue weighted by atomic mass is 16.7. The van der Waals surface area contributed by atoms with Gasteiger partial charge in [-0.15, -0.1) is 0 Å². The lowest BCUT2D eigenvalue weighted by Gasteiger charge is -2.44. The summed E-state index contributed by atoms with van der Waals surface area (Å²) in [7, 11) is 0. The Hall–Kier alpha value is -1.02. The first-order chi connectivity index (χ1) is 12.2. The molecule has 3 aliphatic heterocycles. The third-order valence-corrected chi connectivity index (χ3v) is 6.03. The van der Waals surface area contributed by atoms with Gasteiger partial charge < -0.3 is 4.74 Å². The number of morpholine rings is 1. The van der Waals surface area contributed by atoms with Gasteiger partial charge in [0.15, 0.2) is 0 Å². The highest BCUT2D eigenvalue weighted by molar-refractivity contribution is 6.02. The van der Waals surface area contributed by atoms with Crippen LogP contribution in [0.2, 0.25) is 0 Å². The topological polar surface area (TPSA) is 62.3 Å². The summed E-state index contributed by atoms with van der Waals surface area (Å²) >= 11 is 0. The van der Waals surface area contributed by atoms with Crippen molar-refractivity contribution in [2.24, 2.45) is 0 Å². The lowest BCUT2D eigenvalue weighted by molar-refractivity contribution is -0.247. The minimum absolute atomic E-state index is 0.00394. The van der Waals surface area contributed by atoms with E-state index in [9.17, 15) is 9.59 Å². The summed E-state index contributed by atoms with van der Waals surface area (Å²) < 4.78 is 5.54. The van der Waals surface area contributed by atoms with Crippen molar-refractivity contribution in [2.75, 3.05) is 32.9 Å². The van der Waals surface area contributed by atoms with Crippen molar-refractivity contribution in [3.8, 4) is 0 Å². The van der Waals surface area contributed by atoms with Crippen LogP contribution in [0.1, 0.15) is 53.9 Å². The Balaban J connectivity index is 2.03. The van der Waals surface area contributed by atoms with Crippen LogP contribution in [0.4, 0.5) is 0 Å². The monoisotopic (exact) mass is 367 g/mol. The minimum atomic E-state index is -0.475. The molecule has 0 radical (unpaired) electrons. The van der Waals surface area contributed by atoms with Crippen molar-refractivity contribution in [1.82, 2.24) is 14.9 Å². The summed E-state index contributed by atoms with van der Waals surface area (Å²) in [5, 5.41) is 2.05. The van der Waals surface area contributed by atoms with E-state index < -0.39 is 5.54 Å². The van der Waals surface area contributed by atoms with Crippen molar-refractivity contribution >= 4 is 11.8 Å². The number of rotatable bonds is 5. The molecule has 7 nitrogen and oxygen atoms in total. The molecule has 3 heterocycles. The first kappa shape index (κ1) is 19.7. The minimum Gasteiger partial charge on any atom is -0.379 e. The van der Waals surface area contributed by atoms with Gasteiger partial charge in [0.1, 0.15) is 0 Å². The average Bonchev–Trinajstić information content (AvgIpc) is 2.98. The maximum atomic E-state index is 12.6. The van der Waals surface area contributed by atoms with Crippen LogP contribution in [0.5, 0.6) is 0 Å². The number of hydrogen-bond acceptors (Lipinski definition) is 6. The maximum absolute atomic E-state index is 12.6. The normalized spacial score (nSPS) is 32.6. The van der Waals surface area contributed by atoms with E-state index in [1.54, 1.807) is 0 Å². The molecule has 3 aliphatic rings. The molecule has 7 heteroatoms. The third-order valence-electron chi connectivity index (χ3n) is 6.03. The molecule has 148 valence electrons. The Morgan fingerprint density at radius 2 is 1.54 bits per heavy atom. The van der Waals surface area contributed by atoms with Crippen LogP contribution in [0.3, 0.4) is 0 Å². The van der Waals surface area contributed by atoms with Crippen LogP contribution < -0.4 is 0 Å². The number of likely N-dealkylation sites (tertiary alicyclic amines) is 1. The van der Waals surface area contributed by atoms with E-state index in [1.807, 2.05) is 5.06 Å². The highest BCUT2D eigenvalue weighted by Crippen LogP contribution is 2.47. The lowest BCUT2D eigenvalue weighted by Crippen LogP contribution is -2.62. The maximum Gasteiger partial charge on any atom is 0.230 e. The van der Waals surface area contributed by atoms with E-state index in [4.69, 9.17) is 9.57 Å². The molecule has 0 aliphatic carbocycles. The zero-order chi connectivity index (χ0) is 19.1. The molecule has 0 bridgehead atoms. The van der Waals surface area contributed by atoms with Crippen LogP contribution in [0.25, 0.3) is 0 Å². The van der Waals surface area contributed by atoms with Gasteiger partial charge in [-0.05, 0) is 34.1 Å². The van der Waals surface area contributed by atoms with Gasteiger partial charge in [-0.3, -0.25) is 24.2 Å². The largest absolute Gasteiger partial charge is 0.379 e. The molecule has 26 heavy (non-hydrogen) atoms. The van der Waals surface area contributed by atoms with Crippen molar-refractivity contribution < 1.29 is 19.2 Å². The fourth-order valence-electron chi connectivity index (χ4n) is 5.13. The quantitative estimate of drug-likeness (QED) is 0.685. The predicted molar refractivity (Wildman–Crippen MR) is 97.3 cm³/mol. The average molecular weight is 367 g/mol. The second kappa shape index (κ2) is 7.19. The summed E-state index contributed by atoms with van der Waals surface area (Å²) in [6.45, 7) is 14.2. The first-order valence-electron chi connectivity index (χ1n) is 9.83. The molecule has 0 N–H and O–H groups in total. The van der Waals surface area contributed by atoms with Gasteiger partial charge in [-0.25, -0.2) is 0 Å². The number of amides is 2. The Labute approximate surface area is 156 Å². The number of hydroxylamine groups is 2. The molecule has 3 saturated heterocycles. The summed E-state index contributed by atoms with van der Waals surface area (Å²) in [6, 6.07) is -0.237. The highest BCUT2D eigenvalue weighted by Gasteiger charge is 2.64. The predicted octanol–water partition coefficient (Wildman–Crippen LogP) is 1.42. The molecule has 2 amide bonds. The van der Waals surface area contributed by atoms with Gasteiger partial charge in [-0.2, -0.15) is 5.06 Å². The number of carbonyl (C=O) groups excluding carboxylic acids is 2. The molecule has 3 fully saturated rings. The van der Waals surface area contributed by atoms with Crippen molar-refractivity contribution in [3.05, 3.63) is 0 Å². The number of carbonyl (C=O) groups is 2. The lowest BCUT2D eigenvalue weighted by atomic mass is 9.86. The molecule has 0 aromatic heterocycles. The van der Waals surface area contributed by atoms with Crippen LogP contribution in [-0.4, -0.2) is 82.7 Å². The zero-order valence-electron chi connectivity index (χ0n) is 16.8. The third kappa shape index (κ3) is 3.09. The summed E-state index contributed by atoms with van der Waals surface area (Å²) in [4.78, 5) is 35.4. The Morgan fingerprint density at radius 3 is 2.08 bits per heavy atom. The fourth-order valence-corrected chi connectivity index (χ4v) is 5.13. The molecule has 2 unspecified atom stereocenters. The van der Waals surface area contributed by atoms with Crippen LogP contribution in [-0.2, 0) is 19.2 Å². The van der Waals surface area contributed by atoms with Gasteiger partial charge in [0.2, 0.25) is 11.8 Å². The summed E-state index contributed by atoms with van der Waals surface area (Å²) in [5.41, 5.74) is -0.818. The van der Waals surface area contributed by atoms with Gasteiger partial charge in [-0.1, -0.05) is 6.92 Å². The molecule has 0 aromatic rings. The van der Waals surface area contributed by atoms with E-state index in [-0.39, 0.29) is 29.4 Å². The smallest absolute Gasteiger partial charge is 0.230 e. The Kier molecular flexibility index (Phi) is 5.45. The number of imide groups is 1. The van der Waals surface area contributed by atoms with Gasteiger partial charge >= 0.3 is 0 Å². The molecule has 2 atom stereocenters. The molecule has 0 spiro atoms. The Morgan fingerprint density at radius 1 is 1.00 bits per heavy atom. The van der Waals surface area contributed by atoms with Crippen LogP contribution in [0, 0.1) is 0 Å². The molecule has 0 saturated carbocycles. The van der Waals surface area contributed by atoms with E-state index in [1.165, 1.54) is 4.90 Å². The second-order valence-electron chi connectivity index (χ2n) is 8.63. The number of nitrogens with zero attached hydrogens (tertiary/aromatic N) is 3. The van der Waals surface area contributed by atoms with Gasteiger partial charge in [0.05, 0.1) is 43.0 Å². The van der Waals surface area contributed by atoms with Gasteiger partial charge in [0.25, 0.3) is 0 Å².